The maximum absolute atomic E-state index is 14.8. The maximum Gasteiger partial charge on any atom is 0.306 e. The van der Waals surface area contributed by atoms with Gasteiger partial charge in [0.15, 0.2) is 11.9 Å². The van der Waals surface area contributed by atoms with E-state index < -0.39 is 16.2 Å². The second kappa shape index (κ2) is 7.76. The summed E-state index contributed by atoms with van der Waals surface area (Å²) in [5.74, 6) is -0.00725. The van der Waals surface area contributed by atoms with Crippen LogP contribution in [-0.4, -0.2) is 27.3 Å². The molecule has 2 N–H and O–H groups in total. The van der Waals surface area contributed by atoms with Crippen LogP contribution in [0.2, 0.25) is 0 Å². The highest BCUT2D eigenvalue weighted by molar-refractivity contribution is 7.91. The van der Waals surface area contributed by atoms with E-state index in [4.69, 9.17) is 5.73 Å². The van der Waals surface area contributed by atoms with Crippen LogP contribution in [0.15, 0.2) is 78.5 Å². The van der Waals surface area contributed by atoms with E-state index in [1.165, 1.54) is 0 Å². The third-order valence-corrected chi connectivity index (χ3v) is 7.08. The number of benzene rings is 2. The molecule has 0 amide bonds. The number of alkyl halides is 1. The molecule has 0 aliphatic carbocycles. The quantitative estimate of drug-likeness (QED) is 0.767. The molecule has 1 heterocycles. The topological polar surface area (TPSA) is 60.2 Å². The third kappa shape index (κ3) is 3.60. The summed E-state index contributed by atoms with van der Waals surface area (Å²) >= 11 is 0. The van der Waals surface area contributed by atoms with E-state index in [0.29, 0.717) is 16.8 Å². The summed E-state index contributed by atoms with van der Waals surface area (Å²) in [6.45, 7) is 2.18. The van der Waals surface area contributed by atoms with Crippen LogP contribution in [0.1, 0.15) is 24.2 Å². The molecule has 4 nitrogen and oxygen atoms in total. The smallest absolute Gasteiger partial charge is 0.306 e. The van der Waals surface area contributed by atoms with Crippen LogP contribution in [0.5, 0.6) is 0 Å². The molecule has 2 unspecified atom stereocenters. The summed E-state index contributed by atoms with van der Waals surface area (Å²) in [5, 5.41) is 0. The van der Waals surface area contributed by atoms with Gasteiger partial charge in [0.1, 0.15) is 12.7 Å². The van der Waals surface area contributed by atoms with E-state index in [1.807, 2.05) is 18.2 Å². The molecule has 0 saturated carbocycles. The van der Waals surface area contributed by atoms with Crippen molar-refractivity contribution in [3.8, 4) is 0 Å². The Labute approximate surface area is 160 Å². The Kier molecular flexibility index (Phi) is 5.60. The number of nitrogens with zero attached hydrogens (tertiary/aromatic N) is 1. The van der Waals surface area contributed by atoms with E-state index in [1.54, 1.807) is 61.7 Å². The van der Waals surface area contributed by atoms with Crippen molar-refractivity contribution in [1.82, 2.24) is 3.89 Å². The van der Waals surface area contributed by atoms with E-state index in [2.05, 4.69) is 0 Å². The molecule has 0 saturated heterocycles. The molecule has 2 atom stereocenters. The van der Waals surface area contributed by atoms with Gasteiger partial charge in [-0.05, 0) is 36.3 Å². The molecule has 0 fully saturated rings. The predicted octanol–water partition coefficient (Wildman–Crippen LogP) is 3.81. The van der Waals surface area contributed by atoms with E-state index >= 15 is 0 Å². The Balaban J connectivity index is 2.03. The van der Waals surface area contributed by atoms with Crippen LogP contribution in [-0.2, 0) is 10.0 Å². The average molecular weight is 388 g/mol. The SMILES string of the molecule is CCS(=O)(=O)[N+]1(c2ccc(C(F)c3ccccc3)cc2)C=C(CN)C=CC1. The van der Waals surface area contributed by atoms with Crippen LogP contribution in [0.4, 0.5) is 10.1 Å². The number of rotatable bonds is 6. The lowest BCUT2D eigenvalue weighted by atomic mass is 10.0. The van der Waals surface area contributed by atoms with Crippen LogP contribution in [0.3, 0.4) is 0 Å². The summed E-state index contributed by atoms with van der Waals surface area (Å²) < 4.78 is 40.4. The highest BCUT2D eigenvalue weighted by atomic mass is 32.2. The maximum atomic E-state index is 14.8. The Hall–Kier alpha value is -2.28. The fourth-order valence-electron chi connectivity index (χ4n) is 3.32. The fraction of sp³-hybridized carbons (Fsp3) is 0.238. The molecule has 2 aromatic carbocycles. The van der Waals surface area contributed by atoms with Crippen LogP contribution in [0.25, 0.3) is 0 Å². The number of sulfonamides is 1. The van der Waals surface area contributed by atoms with Gasteiger partial charge in [-0.3, -0.25) is 0 Å². The molecule has 0 radical (unpaired) electrons. The zero-order valence-corrected chi connectivity index (χ0v) is 16.1. The molecule has 142 valence electrons. The molecule has 0 spiro atoms. The molecular formula is C21H24FN2O2S+. The Morgan fingerprint density at radius 2 is 1.70 bits per heavy atom. The minimum Gasteiger partial charge on any atom is -0.326 e. The van der Waals surface area contributed by atoms with E-state index in [9.17, 15) is 12.8 Å². The van der Waals surface area contributed by atoms with Crippen molar-refractivity contribution >= 4 is 15.7 Å². The van der Waals surface area contributed by atoms with Crippen LogP contribution >= 0.6 is 0 Å². The summed E-state index contributed by atoms with van der Waals surface area (Å²) in [7, 11) is -3.50. The van der Waals surface area contributed by atoms with Crippen LogP contribution < -0.4 is 9.62 Å². The molecule has 6 heteroatoms. The highest BCUT2D eigenvalue weighted by Gasteiger charge is 2.42. The largest absolute Gasteiger partial charge is 0.326 e. The number of halogens is 1. The lowest BCUT2D eigenvalue weighted by molar-refractivity contribution is 0.402. The van der Waals surface area contributed by atoms with Gasteiger partial charge in [-0.25, -0.2) is 4.39 Å². The van der Waals surface area contributed by atoms with Gasteiger partial charge in [-0.15, -0.1) is 0 Å². The highest BCUT2D eigenvalue weighted by Crippen LogP contribution is 2.35. The fourth-order valence-corrected chi connectivity index (χ4v) is 4.83. The third-order valence-electron chi connectivity index (χ3n) is 4.89. The van der Waals surface area contributed by atoms with Crippen molar-refractivity contribution in [3.05, 3.63) is 89.6 Å². The van der Waals surface area contributed by atoms with Crippen molar-refractivity contribution < 1.29 is 12.8 Å². The summed E-state index contributed by atoms with van der Waals surface area (Å²) in [4.78, 5) is 0. The first kappa shape index (κ1) is 19.5. The molecule has 2 aromatic rings. The number of quaternary nitrogens is 1. The van der Waals surface area contributed by atoms with Gasteiger partial charge in [-0.2, -0.15) is 12.3 Å². The standard InChI is InChI=1S/C21H24FN2O2S/c1-2-27(25,26)24(14-6-7-17(15-23)16-24)20-12-10-19(11-13-20)21(22)18-8-4-3-5-9-18/h3-13,16,21H,2,14-15,23H2,1H3/q+1. The van der Waals surface area contributed by atoms with Gasteiger partial charge in [-0.1, -0.05) is 36.4 Å². The molecule has 1 aliphatic rings. The first-order valence-electron chi connectivity index (χ1n) is 8.92. The minimum absolute atomic E-state index is 0.00725. The van der Waals surface area contributed by atoms with Crippen molar-refractivity contribution in [2.45, 2.75) is 13.1 Å². The first-order chi connectivity index (χ1) is 12.9. The summed E-state index contributed by atoms with van der Waals surface area (Å²) in [6, 6.07) is 15.6. The minimum atomic E-state index is -3.50. The average Bonchev–Trinajstić information content (AvgIpc) is 2.73. The number of nitrogens with two attached hydrogens (primary N) is 1. The Morgan fingerprint density at radius 1 is 1.07 bits per heavy atom. The van der Waals surface area contributed by atoms with Gasteiger partial charge >= 0.3 is 10.0 Å². The lowest BCUT2D eigenvalue weighted by Gasteiger charge is -2.34. The van der Waals surface area contributed by atoms with Crippen molar-refractivity contribution in [1.29, 1.82) is 0 Å². The van der Waals surface area contributed by atoms with Gasteiger partial charge in [0.05, 0.1) is 5.75 Å². The van der Waals surface area contributed by atoms with Crippen molar-refractivity contribution in [2.24, 2.45) is 5.73 Å². The molecule has 0 aromatic heterocycles. The Bertz CT molecular complexity index is 953. The summed E-state index contributed by atoms with van der Waals surface area (Å²) in [6.07, 6.45) is 4.11. The number of hydrogen-bond acceptors (Lipinski definition) is 3. The first-order valence-corrected chi connectivity index (χ1v) is 10.5. The molecule has 0 bridgehead atoms. The van der Waals surface area contributed by atoms with Gasteiger partial charge in [0.2, 0.25) is 0 Å². The van der Waals surface area contributed by atoms with E-state index in [-0.39, 0.29) is 22.7 Å². The predicted molar refractivity (Wildman–Crippen MR) is 108 cm³/mol. The monoisotopic (exact) mass is 387 g/mol. The van der Waals surface area contributed by atoms with E-state index in [0.717, 1.165) is 5.57 Å². The lowest BCUT2D eigenvalue weighted by Crippen LogP contribution is -2.51. The van der Waals surface area contributed by atoms with Crippen molar-refractivity contribution in [3.63, 3.8) is 0 Å². The molecular weight excluding hydrogens is 363 g/mol. The van der Waals surface area contributed by atoms with Gasteiger partial charge in [0.25, 0.3) is 0 Å². The molecule has 3 rings (SSSR count). The van der Waals surface area contributed by atoms with Gasteiger partial charge in [0, 0.05) is 24.3 Å². The second-order valence-electron chi connectivity index (χ2n) is 6.52. The normalized spacial score (nSPS) is 20.9. The number of hydrogen-bond donors (Lipinski definition) is 1. The Morgan fingerprint density at radius 3 is 2.30 bits per heavy atom. The van der Waals surface area contributed by atoms with Gasteiger partial charge < -0.3 is 5.73 Å². The second-order valence-corrected chi connectivity index (χ2v) is 8.92. The molecule has 1 aliphatic heterocycles. The van der Waals surface area contributed by atoms with Crippen LogP contribution in [0, 0.1) is 0 Å². The summed E-state index contributed by atoms with van der Waals surface area (Å²) in [5.41, 5.74) is 8.14. The molecule has 27 heavy (non-hydrogen) atoms. The van der Waals surface area contributed by atoms with Crippen molar-refractivity contribution in [2.75, 3.05) is 18.8 Å². The zero-order chi connectivity index (χ0) is 19.5. The zero-order valence-electron chi connectivity index (χ0n) is 15.3.